The highest BCUT2D eigenvalue weighted by Gasteiger charge is 2.05. The number of amides is 1. The molecule has 0 bridgehead atoms. The first kappa shape index (κ1) is 16.5. The summed E-state index contributed by atoms with van der Waals surface area (Å²) in [5, 5.41) is 13.0. The van der Waals surface area contributed by atoms with Gasteiger partial charge in [0.25, 0.3) is 5.91 Å². The lowest BCUT2D eigenvalue weighted by Crippen LogP contribution is -2.19. The van der Waals surface area contributed by atoms with Crippen molar-refractivity contribution in [3.63, 3.8) is 0 Å². The van der Waals surface area contributed by atoms with Crippen LogP contribution in [0.1, 0.15) is 22.8 Å². The fraction of sp³-hybridized carbons (Fsp3) is 0.118. The summed E-state index contributed by atoms with van der Waals surface area (Å²) in [5.74, 6) is 0.270. The lowest BCUT2D eigenvalue weighted by molar-refractivity contribution is 0.0955. The van der Waals surface area contributed by atoms with Crippen molar-refractivity contribution in [2.24, 2.45) is 5.10 Å². The average molecular weight is 328 g/mol. The first-order valence-electron chi connectivity index (χ1n) is 6.80. The molecule has 0 aromatic heterocycles. The van der Waals surface area contributed by atoms with Crippen LogP contribution in [0.3, 0.4) is 0 Å². The number of rotatable bonds is 5. The number of hydrazone groups is 1. The fourth-order valence-corrected chi connectivity index (χ4v) is 1.99. The molecule has 0 unspecified atom stereocenters. The van der Waals surface area contributed by atoms with Crippen LogP contribution >= 0.6 is 11.6 Å². The second-order valence-electron chi connectivity index (χ2n) is 4.62. The molecule has 0 atom stereocenters. The first-order valence-corrected chi connectivity index (χ1v) is 7.18. The van der Waals surface area contributed by atoms with Crippen molar-refractivity contribution in [3.8, 4) is 11.8 Å². The summed E-state index contributed by atoms with van der Waals surface area (Å²) in [6.45, 7) is 1.78. The largest absolute Gasteiger partial charge is 0.479 e. The number of benzene rings is 2. The zero-order valence-corrected chi connectivity index (χ0v) is 13.2. The van der Waals surface area contributed by atoms with Crippen molar-refractivity contribution in [3.05, 3.63) is 64.7 Å². The second kappa shape index (κ2) is 7.97. The van der Waals surface area contributed by atoms with E-state index >= 15 is 0 Å². The van der Waals surface area contributed by atoms with Crippen LogP contribution in [0.5, 0.6) is 5.75 Å². The molecule has 2 aromatic carbocycles. The summed E-state index contributed by atoms with van der Waals surface area (Å²) in [7, 11) is 0. The number of hydrogen-bond acceptors (Lipinski definition) is 4. The third kappa shape index (κ3) is 4.83. The number of nitrogens with one attached hydrogen (secondary N) is 1. The van der Waals surface area contributed by atoms with Gasteiger partial charge in [0.1, 0.15) is 11.8 Å². The smallest absolute Gasteiger partial charge is 0.271 e. The minimum Gasteiger partial charge on any atom is -0.479 e. The van der Waals surface area contributed by atoms with Gasteiger partial charge in [-0.25, -0.2) is 5.43 Å². The van der Waals surface area contributed by atoms with E-state index in [-0.39, 0.29) is 12.5 Å². The normalized spacial score (nSPS) is 10.7. The Morgan fingerprint density at radius 3 is 2.65 bits per heavy atom. The van der Waals surface area contributed by atoms with E-state index in [0.29, 0.717) is 22.0 Å². The predicted octanol–water partition coefficient (Wildman–Crippen LogP) is 3.40. The highest BCUT2D eigenvalue weighted by molar-refractivity contribution is 6.30. The highest BCUT2D eigenvalue weighted by Crippen LogP contribution is 2.13. The zero-order valence-electron chi connectivity index (χ0n) is 12.4. The van der Waals surface area contributed by atoms with Crippen molar-refractivity contribution < 1.29 is 9.53 Å². The van der Waals surface area contributed by atoms with E-state index in [2.05, 4.69) is 10.5 Å². The summed E-state index contributed by atoms with van der Waals surface area (Å²) in [6, 6.07) is 15.6. The van der Waals surface area contributed by atoms with Gasteiger partial charge in [-0.15, -0.1) is 0 Å². The Hall–Kier alpha value is -2.84. The topological polar surface area (TPSA) is 74.5 Å². The molecule has 0 saturated carbocycles. The first-order chi connectivity index (χ1) is 11.1. The Bertz CT molecular complexity index is 764. The highest BCUT2D eigenvalue weighted by atomic mass is 35.5. The van der Waals surface area contributed by atoms with Crippen molar-refractivity contribution in [2.45, 2.75) is 6.92 Å². The number of nitriles is 1. The maximum atomic E-state index is 12.0. The molecule has 0 spiro atoms. The molecule has 0 aliphatic heterocycles. The molecule has 1 amide bonds. The SMILES string of the molecule is C/C(=N/NC(=O)c1cccc(Cl)c1)c1ccc(OCC#N)cc1. The molecular formula is C17H14ClN3O2. The molecule has 5 nitrogen and oxygen atoms in total. The van der Waals surface area contributed by atoms with Gasteiger partial charge in [-0.3, -0.25) is 4.79 Å². The van der Waals surface area contributed by atoms with E-state index in [9.17, 15) is 4.79 Å². The fourth-order valence-electron chi connectivity index (χ4n) is 1.80. The van der Waals surface area contributed by atoms with Gasteiger partial charge in [-0.2, -0.15) is 10.4 Å². The summed E-state index contributed by atoms with van der Waals surface area (Å²) in [4.78, 5) is 12.0. The molecule has 1 N–H and O–H groups in total. The zero-order chi connectivity index (χ0) is 16.7. The molecule has 2 rings (SSSR count). The Morgan fingerprint density at radius 2 is 2.00 bits per heavy atom. The summed E-state index contributed by atoms with van der Waals surface area (Å²) < 4.78 is 5.17. The number of nitrogens with zero attached hydrogens (tertiary/aromatic N) is 2. The van der Waals surface area contributed by atoms with E-state index in [1.807, 2.05) is 6.07 Å². The van der Waals surface area contributed by atoms with E-state index in [1.165, 1.54) is 0 Å². The van der Waals surface area contributed by atoms with Gasteiger partial charge in [0, 0.05) is 10.6 Å². The molecule has 0 aliphatic rings. The van der Waals surface area contributed by atoms with Crippen LogP contribution in [0.2, 0.25) is 5.02 Å². The summed E-state index contributed by atoms with van der Waals surface area (Å²) >= 11 is 5.85. The van der Waals surface area contributed by atoms with Crippen molar-refractivity contribution in [2.75, 3.05) is 6.61 Å². The Labute approximate surface area is 139 Å². The van der Waals surface area contributed by atoms with Gasteiger partial charge in [-0.05, 0) is 55.0 Å². The summed E-state index contributed by atoms with van der Waals surface area (Å²) in [5.41, 5.74) is 4.41. The number of carbonyl (C=O) groups excluding carboxylic acids is 1. The molecule has 0 heterocycles. The average Bonchev–Trinajstić information content (AvgIpc) is 2.58. The second-order valence-corrected chi connectivity index (χ2v) is 5.06. The Kier molecular flexibility index (Phi) is 5.73. The molecule has 116 valence electrons. The Morgan fingerprint density at radius 1 is 1.26 bits per heavy atom. The number of ether oxygens (including phenoxy) is 1. The molecule has 2 aromatic rings. The van der Waals surface area contributed by atoms with Crippen LogP contribution in [0, 0.1) is 11.3 Å². The number of carbonyl (C=O) groups is 1. The minimum atomic E-state index is -0.333. The molecule has 23 heavy (non-hydrogen) atoms. The maximum absolute atomic E-state index is 12.0. The van der Waals surface area contributed by atoms with Crippen LogP contribution in [-0.2, 0) is 0 Å². The lowest BCUT2D eigenvalue weighted by Gasteiger charge is -2.05. The molecule has 0 radical (unpaired) electrons. The van der Waals surface area contributed by atoms with Gasteiger partial charge < -0.3 is 4.74 Å². The standard InChI is InChI=1S/C17H14ClN3O2/c1-12(13-5-7-16(8-6-13)23-10-9-19)20-21-17(22)14-3-2-4-15(18)11-14/h2-8,11H,10H2,1H3,(H,21,22)/b20-12-. The predicted molar refractivity (Wildman–Crippen MR) is 88.7 cm³/mol. The van der Waals surface area contributed by atoms with Crippen LogP contribution in [0.4, 0.5) is 0 Å². The van der Waals surface area contributed by atoms with Gasteiger partial charge in [-0.1, -0.05) is 17.7 Å². The van der Waals surface area contributed by atoms with Crippen LogP contribution < -0.4 is 10.2 Å². The van der Waals surface area contributed by atoms with E-state index < -0.39 is 0 Å². The molecule has 0 aliphatic carbocycles. The monoisotopic (exact) mass is 327 g/mol. The van der Waals surface area contributed by atoms with Crippen LogP contribution in [-0.4, -0.2) is 18.2 Å². The van der Waals surface area contributed by atoms with Gasteiger partial charge in [0.2, 0.25) is 0 Å². The third-order valence-electron chi connectivity index (χ3n) is 2.99. The quantitative estimate of drug-likeness (QED) is 0.675. The van der Waals surface area contributed by atoms with E-state index in [0.717, 1.165) is 5.56 Å². The number of halogens is 1. The Balaban J connectivity index is 2.02. The van der Waals surface area contributed by atoms with Crippen LogP contribution in [0.25, 0.3) is 0 Å². The molecule has 0 fully saturated rings. The van der Waals surface area contributed by atoms with Crippen LogP contribution in [0.15, 0.2) is 53.6 Å². The lowest BCUT2D eigenvalue weighted by atomic mass is 10.1. The van der Waals surface area contributed by atoms with Crippen molar-refractivity contribution in [1.82, 2.24) is 5.43 Å². The minimum absolute atomic E-state index is 0.00209. The number of hydrogen-bond donors (Lipinski definition) is 1. The third-order valence-corrected chi connectivity index (χ3v) is 3.22. The van der Waals surface area contributed by atoms with Gasteiger partial charge >= 0.3 is 0 Å². The summed E-state index contributed by atoms with van der Waals surface area (Å²) in [6.07, 6.45) is 0. The van der Waals surface area contributed by atoms with Gasteiger partial charge in [0.15, 0.2) is 6.61 Å². The van der Waals surface area contributed by atoms with Gasteiger partial charge in [0.05, 0.1) is 5.71 Å². The molecule has 6 heteroatoms. The molecule has 0 saturated heterocycles. The van der Waals surface area contributed by atoms with E-state index in [4.69, 9.17) is 21.6 Å². The maximum Gasteiger partial charge on any atom is 0.271 e. The van der Waals surface area contributed by atoms with E-state index in [1.54, 1.807) is 55.5 Å². The van der Waals surface area contributed by atoms with Crippen molar-refractivity contribution >= 4 is 23.2 Å². The molecular weight excluding hydrogens is 314 g/mol. The van der Waals surface area contributed by atoms with Crippen molar-refractivity contribution in [1.29, 1.82) is 5.26 Å².